The molecular formula is C11H14FN. The van der Waals surface area contributed by atoms with Gasteiger partial charge in [-0.3, -0.25) is 0 Å². The summed E-state index contributed by atoms with van der Waals surface area (Å²) in [6.07, 6.45) is 2.54. The van der Waals surface area contributed by atoms with Crippen LogP contribution in [0.2, 0.25) is 0 Å². The molecule has 0 aromatic heterocycles. The summed E-state index contributed by atoms with van der Waals surface area (Å²) in [5.74, 6) is -0.141. The highest BCUT2D eigenvalue weighted by Gasteiger charge is 2.20. The molecule has 0 bridgehead atoms. The van der Waals surface area contributed by atoms with Gasteiger partial charge in [0.1, 0.15) is 5.82 Å². The van der Waals surface area contributed by atoms with Gasteiger partial charge < -0.3 is 5.32 Å². The van der Waals surface area contributed by atoms with Crippen LogP contribution in [0.25, 0.3) is 0 Å². The molecule has 1 aromatic rings. The average molecular weight is 179 g/mol. The molecule has 13 heavy (non-hydrogen) atoms. The van der Waals surface area contributed by atoms with E-state index in [4.69, 9.17) is 0 Å². The molecule has 0 heterocycles. The van der Waals surface area contributed by atoms with Gasteiger partial charge in [-0.15, -0.1) is 0 Å². The number of halogens is 1. The number of benzene rings is 1. The lowest BCUT2D eigenvalue weighted by Gasteiger charge is -2.06. The van der Waals surface area contributed by atoms with E-state index < -0.39 is 0 Å². The normalized spacial score (nSPS) is 16.2. The Bertz CT molecular complexity index is 305. The molecule has 0 spiro atoms. The van der Waals surface area contributed by atoms with Gasteiger partial charge in [-0.05, 0) is 43.0 Å². The fraction of sp³-hybridized carbons (Fsp3) is 0.455. The van der Waals surface area contributed by atoms with E-state index in [0.717, 1.165) is 17.7 Å². The van der Waals surface area contributed by atoms with Crippen molar-refractivity contribution in [3.8, 4) is 0 Å². The lowest BCUT2D eigenvalue weighted by atomic mass is 10.1. The molecule has 1 saturated carbocycles. The standard InChI is InChI=1S/C11H14FN/c1-8-2-3-10(12)6-9(8)7-13-11-4-5-11/h2-3,6,11,13H,4-5,7H2,1H3. The molecule has 1 N–H and O–H groups in total. The van der Waals surface area contributed by atoms with Crippen molar-refractivity contribution in [2.24, 2.45) is 0 Å². The maximum Gasteiger partial charge on any atom is 0.123 e. The second-order valence-corrected chi connectivity index (χ2v) is 3.73. The van der Waals surface area contributed by atoms with E-state index in [9.17, 15) is 4.39 Å². The van der Waals surface area contributed by atoms with Gasteiger partial charge >= 0.3 is 0 Å². The Morgan fingerprint density at radius 1 is 1.46 bits per heavy atom. The van der Waals surface area contributed by atoms with Crippen molar-refractivity contribution in [2.75, 3.05) is 0 Å². The van der Waals surface area contributed by atoms with Crippen molar-refractivity contribution in [1.29, 1.82) is 0 Å². The van der Waals surface area contributed by atoms with Gasteiger partial charge in [0, 0.05) is 12.6 Å². The summed E-state index contributed by atoms with van der Waals surface area (Å²) in [4.78, 5) is 0. The summed E-state index contributed by atoms with van der Waals surface area (Å²) in [5.41, 5.74) is 2.24. The lowest BCUT2D eigenvalue weighted by molar-refractivity contribution is 0.618. The smallest absolute Gasteiger partial charge is 0.123 e. The zero-order valence-electron chi connectivity index (χ0n) is 7.81. The summed E-state index contributed by atoms with van der Waals surface area (Å²) in [5, 5.41) is 3.37. The van der Waals surface area contributed by atoms with Crippen molar-refractivity contribution in [1.82, 2.24) is 5.32 Å². The second-order valence-electron chi connectivity index (χ2n) is 3.73. The van der Waals surface area contributed by atoms with Crippen LogP contribution in [0.15, 0.2) is 18.2 Å². The molecule has 1 fully saturated rings. The Kier molecular flexibility index (Phi) is 2.32. The zero-order chi connectivity index (χ0) is 9.26. The number of hydrogen-bond acceptors (Lipinski definition) is 1. The Morgan fingerprint density at radius 2 is 2.23 bits per heavy atom. The molecule has 0 radical (unpaired) electrons. The van der Waals surface area contributed by atoms with Crippen molar-refractivity contribution < 1.29 is 4.39 Å². The monoisotopic (exact) mass is 179 g/mol. The Hall–Kier alpha value is -0.890. The molecule has 0 amide bonds. The van der Waals surface area contributed by atoms with Gasteiger partial charge in [-0.1, -0.05) is 6.07 Å². The zero-order valence-corrected chi connectivity index (χ0v) is 7.81. The van der Waals surface area contributed by atoms with Crippen molar-refractivity contribution >= 4 is 0 Å². The molecule has 1 nitrogen and oxygen atoms in total. The van der Waals surface area contributed by atoms with Crippen LogP contribution in [0.5, 0.6) is 0 Å². The van der Waals surface area contributed by atoms with Gasteiger partial charge in [-0.2, -0.15) is 0 Å². The highest BCUT2D eigenvalue weighted by atomic mass is 19.1. The maximum absolute atomic E-state index is 12.9. The van der Waals surface area contributed by atoms with E-state index in [1.807, 2.05) is 13.0 Å². The fourth-order valence-electron chi connectivity index (χ4n) is 1.37. The van der Waals surface area contributed by atoms with Crippen LogP contribution < -0.4 is 5.32 Å². The van der Waals surface area contributed by atoms with Crippen LogP contribution in [0, 0.1) is 12.7 Å². The summed E-state index contributed by atoms with van der Waals surface area (Å²) in [7, 11) is 0. The predicted molar refractivity (Wildman–Crippen MR) is 51.0 cm³/mol. The van der Waals surface area contributed by atoms with Crippen LogP contribution in [0.3, 0.4) is 0 Å². The third kappa shape index (κ3) is 2.28. The van der Waals surface area contributed by atoms with Crippen LogP contribution in [0.4, 0.5) is 4.39 Å². The van der Waals surface area contributed by atoms with Gasteiger partial charge in [0.25, 0.3) is 0 Å². The van der Waals surface area contributed by atoms with Crippen molar-refractivity contribution in [2.45, 2.75) is 32.4 Å². The highest BCUT2D eigenvalue weighted by Crippen LogP contribution is 2.20. The SMILES string of the molecule is Cc1ccc(F)cc1CNC1CC1. The molecular weight excluding hydrogens is 165 g/mol. The van der Waals surface area contributed by atoms with Crippen molar-refractivity contribution in [3.05, 3.63) is 35.1 Å². The average Bonchev–Trinajstić information content (AvgIpc) is 2.90. The summed E-state index contributed by atoms with van der Waals surface area (Å²) in [6.45, 7) is 2.82. The second kappa shape index (κ2) is 3.46. The van der Waals surface area contributed by atoms with E-state index in [1.165, 1.54) is 18.9 Å². The molecule has 2 rings (SSSR count). The molecule has 1 aliphatic carbocycles. The lowest BCUT2D eigenvalue weighted by Crippen LogP contribution is -2.16. The molecule has 1 aliphatic rings. The molecule has 0 atom stereocenters. The minimum Gasteiger partial charge on any atom is -0.310 e. The number of nitrogens with one attached hydrogen (secondary N) is 1. The fourth-order valence-corrected chi connectivity index (χ4v) is 1.37. The van der Waals surface area contributed by atoms with E-state index in [-0.39, 0.29) is 5.82 Å². The molecule has 1 aromatic carbocycles. The number of hydrogen-bond donors (Lipinski definition) is 1. The first kappa shape index (κ1) is 8.70. The number of rotatable bonds is 3. The van der Waals surface area contributed by atoms with Crippen LogP contribution >= 0.6 is 0 Å². The summed E-state index contributed by atoms with van der Waals surface area (Å²) >= 11 is 0. The maximum atomic E-state index is 12.9. The first-order valence-electron chi connectivity index (χ1n) is 4.74. The quantitative estimate of drug-likeness (QED) is 0.751. The van der Waals surface area contributed by atoms with Gasteiger partial charge in [-0.25, -0.2) is 4.39 Å². The largest absolute Gasteiger partial charge is 0.310 e. The topological polar surface area (TPSA) is 12.0 Å². The third-order valence-electron chi connectivity index (χ3n) is 2.47. The molecule has 2 heteroatoms. The van der Waals surface area contributed by atoms with Crippen LogP contribution in [-0.4, -0.2) is 6.04 Å². The first-order valence-corrected chi connectivity index (χ1v) is 4.74. The Labute approximate surface area is 78.0 Å². The highest BCUT2D eigenvalue weighted by molar-refractivity contribution is 5.26. The van der Waals surface area contributed by atoms with E-state index >= 15 is 0 Å². The van der Waals surface area contributed by atoms with Crippen molar-refractivity contribution in [3.63, 3.8) is 0 Å². The molecule has 0 saturated heterocycles. The van der Waals surface area contributed by atoms with Crippen LogP contribution in [-0.2, 0) is 6.54 Å². The van der Waals surface area contributed by atoms with E-state index in [0.29, 0.717) is 6.04 Å². The van der Waals surface area contributed by atoms with Gasteiger partial charge in [0.2, 0.25) is 0 Å². The first-order chi connectivity index (χ1) is 6.25. The van der Waals surface area contributed by atoms with Crippen LogP contribution in [0.1, 0.15) is 24.0 Å². The van der Waals surface area contributed by atoms with E-state index in [1.54, 1.807) is 6.07 Å². The van der Waals surface area contributed by atoms with Gasteiger partial charge in [0.15, 0.2) is 0 Å². The minimum atomic E-state index is -0.141. The molecule has 70 valence electrons. The number of aryl methyl sites for hydroxylation is 1. The summed E-state index contributed by atoms with van der Waals surface area (Å²) < 4.78 is 12.9. The molecule has 0 aliphatic heterocycles. The minimum absolute atomic E-state index is 0.141. The Morgan fingerprint density at radius 3 is 2.92 bits per heavy atom. The van der Waals surface area contributed by atoms with Gasteiger partial charge in [0.05, 0.1) is 0 Å². The third-order valence-corrected chi connectivity index (χ3v) is 2.47. The predicted octanol–water partition coefficient (Wildman–Crippen LogP) is 2.39. The van der Waals surface area contributed by atoms with E-state index in [2.05, 4.69) is 5.32 Å². The Balaban J connectivity index is 2.03. The molecule has 0 unspecified atom stereocenters. The summed E-state index contributed by atoms with van der Waals surface area (Å²) in [6, 6.07) is 5.64.